The maximum Gasteiger partial charge on any atom is 0.144 e. The van der Waals surface area contributed by atoms with Gasteiger partial charge in [-0.3, -0.25) is 4.79 Å². The predicted molar refractivity (Wildman–Crippen MR) is 78.5 cm³/mol. The summed E-state index contributed by atoms with van der Waals surface area (Å²) in [7, 11) is 0. The van der Waals surface area contributed by atoms with Crippen LogP contribution in [0.4, 0.5) is 0 Å². The Morgan fingerprint density at radius 3 is 2.37 bits per heavy atom. The average Bonchev–Trinajstić information content (AvgIpc) is 3.04. The summed E-state index contributed by atoms with van der Waals surface area (Å²) < 4.78 is 0. The van der Waals surface area contributed by atoms with Gasteiger partial charge in [-0.1, -0.05) is 30.4 Å². The minimum Gasteiger partial charge on any atom is -0.299 e. The second-order valence-electron chi connectivity index (χ2n) is 6.32. The summed E-state index contributed by atoms with van der Waals surface area (Å²) in [5.41, 5.74) is -0.316. The van der Waals surface area contributed by atoms with Crippen molar-refractivity contribution in [3.63, 3.8) is 0 Å². The number of Topliss-reactive ketones (excluding diaryl/α,β-unsaturated/α-hetero) is 1. The molecule has 0 aromatic carbocycles. The molecule has 3 aliphatic rings. The van der Waals surface area contributed by atoms with Crippen molar-refractivity contribution >= 4 is 5.78 Å². The average molecular weight is 254 g/mol. The fourth-order valence-electron chi connectivity index (χ4n) is 5.04. The van der Waals surface area contributed by atoms with Gasteiger partial charge in [0.15, 0.2) is 0 Å². The molecule has 0 saturated heterocycles. The number of hydrogen-bond donors (Lipinski definition) is 0. The van der Waals surface area contributed by atoms with Gasteiger partial charge >= 0.3 is 0 Å². The second kappa shape index (κ2) is 4.33. The van der Waals surface area contributed by atoms with Crippen molar-refractivity contribution in [2.45, 2.75) is 19.3 Å². The molecule has 1 nitrogen and oxygen atoms in total. The topological polar surface area (TPSA) is 17.1 Å². The van der Waals surface area contributed by atoms with E-state index in [-0.39, 0.29) is 17.3 Å². The largest absolute Gasteiger partial charge is 0.299 e. The van der Waals surface area contributed by atoms with Gasteiger partial charge < -0.3 is 0 Å². The van der Waals surface area contributed by atoms with Crippen LogP contribution in [0.25, 0.3) is 0 Å². The molecule has 2 bridgehead atoms. The zero-order chi connectivity index (χ0) is 13.6. The molecule has 1 heteroatoms. The van der Waals surface area contributed by atoms with Crippen molar-refractivity contribution in [1.29, 1.82) is 0 Å². The Hall–Kier alpha value is -1.37. The Morgan fingerprint density at radius 2 is 1.79 bits per heavy atom. The first kappa shape index (κ1) is 12.7. The predicted octanol–water partition coefficient (Wildman–Crippen LogP) is 3.95. The lowest BCUT2D eigenvalue weighted by molar-refractivity contribution is -0.130. The Kier molecular flexibility index (Phi) is 2.88. The number of allylic oxidation sites excluding steroid dienone is 5. The quantitative estimate of drug-likeness (QED) is 0.679. The minimum atomic E-state index is -0.316. The molecule has 0 radical (unpaired) electrons. The molecule has 0 amide bonds. The highest BCUT2D eigenvalue weighted by molar-refractivity contribution is 5.92. The lowest BCUT2D eigenvalue weighted by Crippen LogP contribution is -2.34. The molecule has 0 heterocycles. The van der Waals surface area contributed by atoms with E-state index in [1.807, 2.05) is 18.2 Å². The SMILES string of the molecule is C=CCC1(CC=C)C(=O)[C@@H]2C3C=CC(C3)[C@@H]2[C@H]1C=C. The number of ketones is 1. The van der Waals surface area contributed by atoms with E-state index in [0.29, 0.717) is 23.5 Å². The molecule has 19 heavy (non-hydrogen) atoms. The molecular formula is C18H22O. The van der Waals surface area contributed by atoms with Gasteiger partial charge in [-0.05, 0) is 42.9 Å². The molecule has 2 unspecified atom stereocenters. The van der Waals surface area contributed by atoms with Crippen molar-refractivity contribution in [3.8, 4) is 0 Å². The molecule has 2 fully saturated rings. The zero-order valence-electron chi connectivity index (χ0n) is 11.4. The van der Waals surface area contributed by atoms with Crippen LogP contribution < -0.4 is 0 Å². The second-order valence-corrected chi connectivity index (χ2v) is 6.32. The van der Waals surface area contributed by atoms with Crippen LogP contribution in [0.3, 0.4) is 0 Å². The molecule has 3 aliphatic carbocycles. The summed E-state index contributed by atoms with van der Waals surface area (Å²) in [5, 5.41) is 0. The van der Waals surface area contributed by atoms with E-state index >= 15 is 0 Å². The van der Waals surface area contributed by atoms with Crippen molar-refractivity contribution in [1.82, 2.24) is 0 Å². The number of fused-ring (bicyclic) bond motifs is 5. The molecular weight excluding hydrogens is 232 g/mol. The van der Waals surface area contributed by atoms with Gasteiger partial charge in [-0.25, -0.2) is 0 Å². The molecule has 100 valence electrons. The zero-order valence-corrected chi connectivity index (χ0v) is 11.4. The first-order valence-corrected chi connectivity index (χ1v) is 7.26. The Bertz CT molecular complexity index is 460. The van der Waals surface area contributed by atoms with Crippen molar-refractivity contribution < 1.29 is 4.79 Å². The number of carbonyl (C=O) groups is 1. The van der Waals surface area contributed by atoms with E-state index in [2.05, 4.69) is 31.9 Å². The minimum absolute atomic E-state index is 0.220. The lowest BCUT2D eigenvalue weighted by atomic mass is 9.68. The van der Waals surface area contributed by atoms with Crippen molar-refractivity contribution in [3.05, 3.63) is 50.1 Å². The summed E-state index contributed by atoms with van der Waals surface area (Å²) in [6, 6.07) is 0. The molecule has 0 aromatic rings. The van der Waals surface area contributed by atoms with Crippen LogP contribution in [0, 0.1) is 35.0 Å². The molecule has 0 N–H and O–H groups in total. The highest BCUT2D eigenvalue weighted by Crippen LogP contribution is 2.64. The first-order chi connectivity index (χ1) is 9.19. The van der Waals surface area contributed by atoms with Crippen molar-refractivity contribution in [2.75, 3.05) is 0 Å². The van der Waals surface area contributed by atoms with Gasteiger partial charge in [0.05, 0.1) is 0 Å². The third-order valence-electron chi connectivity index (χ3n) is 5.64. The standard InChI is InChI=1S/C18H22O/c1-4-9-18(10-5-2)14(6-3)15-12-7-8-13(11-12)16(15)17(18)19/h4-8,12-16H,1-3,9-11H2/t12?,13?,14-,15-,16-/m1/s1. The Labute approximate surface area is 115 Å². The lowest BCUT2D eigenvalue weighted by Gasteiger charge is -2.34. The van der Waals surface area contributed by atoms with Crippen LogP contribution in [0.1, 0.15) is 19.3 Å². The van der Waals surface area contributed by atoms with Gasteiger partial charge in [0.2, 0.25) is 0 Å². The van der Waals surface area contributed by atoms with Gasteiger partial charge in [0.25, 0.3) is 0 Å². The molecule has 0 aromatic heterocycles. The maximum absolute atomic E-state index is 13.1. The van der Waals surface area contributed by atoms with Crippen LogP contribution >= 0.6 is 0 Å². The summed E-state index contributed by atoms with van der Waals surface area (Å²) in [4.78, 5) is 13.1. The highest BCUT2D eigenvalue weighted by atomic mass is 16.1. The maximum atomic E-state index is 13.1. The number of carbonyl (C=O) groups excluding carboxylic acids is 1. The van der Waals surface area contributed by atoms with E-state index in [9.17, 15) is 4.79 Å². The van der Waals surface area contributed by atoms with E-state index in [1.165, 1.54) is 6.42 Å². The van der Waals surface area contributed by atoms with Gasteiger partial charge in [-0.15, -0.1) is 19.7 Å². The fourth-order valence-corrected chi connectivity index (χ4v) is 5.04. The molecule has 5 atom stereocenters. The third-order valence-corrected chi connectivity index (χ3v) is 5.64. The molecule has 0 spiro atoms. The summed E-state index contributed by atoms with van der Waals surface area (Å²) in [6.45, 7) is 11.8. The van der Waals surface area contributed by atoms with Crippen LogP contribution in [0.15, 0.2) is 50.1 Å². The van der Waals surface area contributed by atoms with E-state index < -0.39 is 0 Å². The molecule has 2 saturated carbocycles. The van der Waals surface area contributed by atoms with Gasteiger partial charge in [0.1, 0.15) is 5.78 Å². The normalized spacial score (nSPS) is 41.3. The first-order valence-electron chi connectivity index (χ1n) is 7.26. The molecule has 3 rings (SSSR count). The third kappa shape index (κ3) is 1.45. The Morgan fingerprint density at radius 1 is 1.16 bits per heavy atom. The van der Waals surface area contributed by atoms with Crippen LogP contribution in [-0.4, -0.2) is 5.78 Å². The number of hydrogen-bond acceptors (Lipinski definition) is 1. The summed E-state index contributed by atoms with van der Waals surface area (Å²) in [5.74, 6) is 2.47. The van der Waals surface area contributed by atoms with Crippen LogP contribution in [0.5, 0.6) is 0 Å². The number of rotatable bonds is 5. The van der Waals surface area contributed by atoms with E-state index in [0.717, 1.165) is 12.8 Å². The Balaban J connectivity index is 2.06. The van der Waals surface area contributed by atoms with Crippen LogP contribution in [-0.2, 0) is 4.79 Å². The van der Waals surface area contributed by atoms with E-state index in [1.54, 1.807) is 0 Å². The van der Waals surface area contributed by atoms with E-state index in [4.69, 9.17) is 0 Å². The summed E-state index contributed by atoms with van der Waals surface area (Å²) >= 11 is 0. The van der Waals surface area contributed by atoms with Crippen molar-refractivity contribution in [2.24, 2.45) is 35.0 Å². The highest BCUT2D eigenvalue weighted by Gasteiger charge is 2.64. The smallest absolute Gasteiger partial charge is 0.144 e. The monoisotopic (exact) mass is 254 g/mol. The van der Waals surface area contributed by atoms with Gasteiger partial charge in [-0.2, -0.15) is 0 Å². The molecule has 0 aliphatic heterocycles. The van der Waals surface area contributed by atoms with Gasteiger partial charge in [0, 0.05) is 11.3 Å². The fraction of sp³-hybridized carbons (Fsp3) is 0.500. The summed E-state index contributed by atoms with van der Waals surface area (Å²) in [6.07, 6.45) is 13.1. The van der Waals surface area contributed by atoms with Crippen LogP contribution in [0.2, 0.25) is 0 Å².